The molecule has 1 aliphatic heterocycles. The molecule has 0 aliphatic carbocycles. The highest BCUT2D eigenvalue weighted by molar-refractivity contribution is 5.63. The van der Waals surface area contributed by atoms with Crippen molar-refractivity contribution >= 4 is 12.2 Å². The van der Waals surface area contributed by atoms with Crippen molar-refractivity contribution in [3.8, 4) is 0 Å². The Morgan fingerprint density at radius 2 is 2.40 bits per heavy atom. The number of aliphatic carboxylic acids is 1. The molecule has 0 aromatic carbocycles. The third kappa shape index (κ3) is 9.84. The van der Waals surface area contributed by atoms with Crippen molar-refractivity contribution in [2.75, 3.05) is 6.54 Å². The van der Waals surface area contributed by atoms with E-state index in [4.69, 9.17) is 9.90 Å². The number of carboxylic acids is 1. The molecule has 0 fully saturated rings. The normalized spacial score (nSPS) is 12.9. The van der Waals surface area contributed by atoms with Gasteiger partial charge in [-0.05, 0) is 0 Å². The quantitative estimate of drug-likeness (QED) is 0.508. The Hall–Kier alpha value is -1.32. The molecule has 4 heteroatoms. The van der Waals surface area contributed by atoms with Crippen LogP contribution in [0.15, 0.2) is 17.4 Å². The molecule has 0 saturated carbocycles. The van der Waals surface area contributed by atoms with Crippen LogP contribution in [-0.2, 0) is 4.79 Å². The summed E-state index contributed by atoms with van der Waals surface area (Å²) >= 11 is 0. The van der Waals surface area contributed by atoms with E-state index in [-0.39, 0.29) is 0 Å². The number of rotatable bonds is 0. The van der Waals surface area contributed by atoms with Crippen LogP contribution in [0.25, 0.3) is 0 Å². The van der Waals surface area contributed by atoms with E-state index in [1.807, 2.05) is 12.4 Å². The second-order valence-corrected chi connectivity index (χ2v) is 1.57. The van der Waals surface area contributed by atoms with Crippen LogP contribution in [0.2, 0.25) is 0 Å². The van der Waals surface area contributed by atoms with Gasteiger partial charge in [-0.15, -0.1) is 0 Å². The van der Waals surface area contributed by atoms with Gasteiger partial charge in [0, 0.05) is 32.1 Å². The van der Waals surface area contributed by atoms with E-state index in [1.54, 1.807) is 6.20 Å². The van der Waals surface area contributed by atoms with Crippen molar-refractivity contribution < 1.29 is 9.90 Å². The van der Waals surface area contributed by atoms with E-state index >= 15 is 0 Å². The van der Waals surface area contributed by atoms with Gasteiger partial charge in [-0.3, -0.25) is 9.79 Å². The van der Waals surface area contributed by atoms with Gasteiger partial charge in [0.05, 0.1) is 0 Å². The van der Waals surface area contributed by atoms with Crippen LogP contribution >= 0.6 is 0 Å². The van der Waals surface area contributed by atoms with Crippen LogP contribution in [-0.4, -0.2) is 23.8 Å². The minimum Gasteiger partial charge on any atom is -0.481 e. The third-order valence-electron chi connectivity index (χ3n) is 0.593. The molecule has 1 heterocycles. The monoisotopic (exact) mass is 142 g/mol. The molecule has 0 aromatic heterocycles. The second-order valence-electron chi connectivity index (χ2n) is 1.57. The highest BCUT2D eigenvalue weighted by atomic mass is 16.4. The number of carbonyl (C=O) groups is 1. The average Bonchev–Trinajstić information content (AvgIpc) is 1.90. The summed E-state index contributed by atoms with van der Waals surface area (Å²) in [7, 11) is 0. The molecule has 0 aromatic rings. The Morgan fingerprint density at radius 1 is 1.80 bits per heavy atom. The SMILES string of the molecule is C1=CNCC=N1.CC(=O)O. The molecule has 10 heavy (non-hydrogen) atoms. The van der Waals surface area contributed by atoms with E-state index in [0.29, 0.717) is 0 Å². The number of hydrogen-bond acceptors (Lipinski definition) is 3. The number of hydrogen-bond donors (Lipinski definition) is 2. The number of nitrogens with one attached hydrogen (secondary N) is 1. The fraction of sp³-hybridized carbons (Fsp3) is 0.333. The van der Waals surface area contributed by atoms with Crippen molar-refractivity contribution in [2.45, 2.75) is 6.92 Å². The van der Waals surface area contributed by atoms with Gasteiger partial charge in [0.15, 0.2) is 0 Å². The molecule has 0 amide bonds. The van der Waals surface area contributed by atoms with Gasteiger partial charge < -0.3 is 10.4 Å². The lowest BCUT2D eigenvalue weighted by Crippen LogP contribution is -2.09. The maximum absolute atomic E-state index is 9.00. The predicted octanol–water partition coefficient (Wildman–Crippen LogP) is 0.223. The standard InChI is InChI=1S/C4H6N2.C2H4O2/c1-2-6-4-3-5-1;1-2(3)4/h1-3,6H,4H2;1H3,(H,3,4). The van der Waals surface area contributed by atoms with Crippen LogP contribution in [0.1, 0.15) is 6.92 Å². The summed E-state index contributed by atoms with van der Waals surface area (Å²) in [5.41, 5.74) is 0. The highest BCUT2D eigenvalue weighted by Crippen LogP contribution is 1.73. The summed E-state index contributed by atoms with van der Waals surface area (Å²) < 4.78 is 0. The molecule has 1 aliphatic rings. The zero-order valence-corrected chi connectivity index (χ0v) is 5.74. The minimum absolute atomic E-state index is 0.833. The number of carboxylic acid groups (broad SMARTS) is 1. The molecule has 0 atom stereocenters. The van der Waals surface area contributed by atoms with Crippen molar-refractivity contribution in [1.82, 2.24) is 5.32 Å². The van der Waals surface area contributed by atoms with E-state index in [2.05, 4.69) is 10.3 Å². The topological polar surface area (TPSA) is 61.7 Å². The fourth-order valence-electron chi connectivity index (χ4n) is 0.330. The summed E-state index contributed by atoms with van der Waals surface area (Å²) in [6.45, 7) is 1.95. The highest BCUT2D eigenvalue weighted by Gasteiger charge is 1.74. The molecular weight excluding hydrogens is 132 g/mol. The molecule has 2 N–H and O–H groups in total. The molecule has 1 rings (SSSR count). The molecule has 0 saturated heterocycles. The van der Waals surface area contributed by atoms with Gasteiger partial charge in [0.1, 0.15) is 0 Å². The molecule has 0 spiro atoms. The van der Waals surface area contributed by atoms with Crippen LogP contribution in [0, 0.1) is 0 Å². The van der Waals surface area contributed by atoms with Crippen LogP contribution in [0.5, 0.6) is 0 Å². The summed E-state index contributed by atoms with van der Waals surface area (Å²) in [4.78, 5) is 12.8. The molecular formula is C6H10N2O2. The summed E-state index contributed by atoms with van der Waals surface area (Å²) in [5, 5.41) is 10.4. The molecule has 0 unspecified atom stereocenters. The first-order chi connectivity index (χ1) is 4.73. The number of aliphatic imine (C=N–C) groups is 1. The van der Waals surface area contributed by atoms with Gasteiger partial charge in [-0.1, -0.05) is 0 Å². The largest absolute Gasteiger partial charge is 0.481 e. The van der Waals surface area contributed by atoms with Gasteiger partial charge >= 0.3 is 0 Å². The first kappa shape index (κ1) is 8.68. The van der Waals surface area contributed by atoms with Crippen molar-refractivity contribution in [3.05, 3.63) is 12.4 Å². The Bertz CT molecular complexity index is 136. The molecule has 56 valence electrons. The van der Waals surface area contributed by atoms with Crippen molar-refractivity contribution in [1.29, 1.82) is 0 Å². The lowest BCUT2D eigenvalue weighted by Gasteiger charge is -1.93. The first-order valence-corrected chi connectivity index (χ1v) is 2.83. The van der Waals surface area contributed by atoms with Crippen LogP contribution in [0.4, 0.5) is 0 Å². The Kier molecular flexibility index (Phi) is 5.04. The van der Waals surface area contributed by atoms with E-state index < -0.39 is 5.97 Å². The van der Waals surface area contributed by atoms with E-state index in [9.17, 15) is 0 Å². The minimum atomic E-state index is -0.833. The summed E-state index contributed by atoms with van der Waals surface area (Å²) in [6.07, 6.45) is 5.36. The van der Waals surface area contributed by atoms with Crippen molar-refractivity contribution in [2.24, 2.45) is 4.99 Å². The fourth-order valence-corrected chi connectivity index (χ4v) is 0.330. The Balaban J connectivity index is 0.000000180. The zero-order valence-electron chi connectivity index (χ0n) is 5.74. The maximum atomic E-state index is 9.00. The van der Waals surface area contributed by atoms with Crippen LogP contribution < -0.4 is 5.32 Å². The van der Waals surface area contributed by atoms with Gasteiger partial charge in [0.25, 0.3) is 5.97 Å². The van der Waals surface area contributed by atoms with E-state index in [0.717, 1.165) is 13.5 Å². The van der Waals surface area contributed by atoms with Gasteiger partial charge in [0.2, 0.25) is 0 Å². The zero-order chi connectivity index (χ0) is 7.82. The smallest absolute Gasteiger partial charge is 0.300 e. The number of nitrogens with zero attached hydrogens (tertiary/aromatic N) is 1. The Morgan fingerprint density at radius 3 is 2.50 bits per heavy atom. The maximum Gasteiger partial charge on any atom is 0.300 e. The van der Waals surface area contributed by atoms with E-state index in [1.165, 1.54) is 0 Å². The molecule has 4 nitrogen and oxygen atoms in total. The van der Waals surface area contributed by atoms with Crippen molar-refractivity contribution in [3.63, 3.8) is 0 Å². The average molecular weight is 142 g/mol. The molecule has 0 bridgehead atoms. The van der Waals surface area contributed by atoms with Gasteiger partial charge in [-0.2, -0.15) is 0 Å². The Labute approximate surface area is 59.3 Å². The second kappa shape index (κ2) is 5.81. The predicted molar refractivity (Wildman–Crippen MR) is 38.9 cm³/mol. The summed E-state index contributed by atoms with van der Waals surface area (Å²) in [5.74, 6) is -0.833. The lowest BCUT2D eigenvalue weighted by molar-refractivity contribution is -0.134. The van der Waals surface area contributed by atoms with Gasteiger partial charge in [-0.25, -0.2) is 0 Å². The van der Waals surface area contributed by atoms with Crippen LogP contribution in [0.3, 0.4) is 0 Å². The summed E-state index contributed by atoms with van der Waals surface area (Å²) in [6, 6.07) is 0. The molecule has 0 radical (unpaired) electrons. The third-order valence-corrected chi connectivity index (χ3v) is 0.593. The lowest BCUT2D eigenvalue weighted by atomic mass is 10.6. The first-order valence-electron chi connectivity index (χ1n) is 2.83.